The molecule has 3 nitrogen and oxygen atoms in total. The third kappa shape index (κ3) is 1.78. The van der Waals surface area contributed by atoms with Crippen LogP contribution in [-0.4, -0.2) is 23.0 Å². The summed E-state index contributed by atoms with van der Waals surface area (Å²) in [6.45, 7) is 3.67. The van der Waals surface area contributed by atoms with Crippen molar-refractivity contribution in [2.75, 3.05) is 6.54 Å². The molecular weight excluding hydrogens is 106 g/mol. The van der Waals surface area contributed by atoms with Gasteiger partial charge in [0.05, 0.1) is 0 Å². The number of aliphatic hydroxyl groups excluding tert-OH is 1. The smallest absolute Gasteiger partial charge is 0.157 e. The topological polar surface area (TPSA) is 66.5 Å². The predicted octanol–water partition coefficient (Wildman–Crippen LogP) is -0.718. The van der Waals surface area contributed by atoms with E-state index in [0.29, 0.717) is 0 Å². The lowest BCUT2D eigenvalue weighted by Crippen LogP contribution is -2.36. The van der Waals surface area contributed by atoms with Crippen molar-refractivity contribution >= 4 is 0 Å². The molecular formula is C5H13NO2. The molecule has 0 aliphatic heterocycles. The van der Waals surface area contributed by atoms with E-state index in [9.17, 15) is 0 Å². The molecule has 0 aromatic heterocycles. The van der Waals surface area contributed by atoms with Gasteiger partial charge in [-0.15, -0.1) is 0 Å². The first-order chi connectivity index (χ1) is 3.50. The molecule has 4 N–H and O–H groups in total. The molecule has 0 fully saturated rings. The van der Waals surface area contributed by atoms with Gasteiger partial charge in [-0.3, -0.25) is 0 Å². The van der Waals surface area contributed by atoms with Crippen LogP contribution < -0.4 is 5.73 Å². The first-order valence-corrected chi connectivity index (χ1v) is 2.57. The molecule has 0 atom stereocenters. The van der Waals surface area contributed by atoms with Gasteiger partial charge >= 0.3 is 0 Å². The lowest BCUT2D eigenvalue weighted by Gasteiger charge is -2.23. The van der Waals surface area contributed by atoms with Gasteiger partial charge in [-0.1, -0.05) is 13.8 Å². The number of aliphatic hydroxyl groups is 2. The Balaban J connectivity index is 3.71. The Morgan fingerprint density at radius 2 is 1.88 bits per heavy atom. The SMILES string of the molecule is CC(C)(CN)C(O)O. The molecule has 0 aliphatic rings. The highest BCUT2D eigenvalue weighted by Crippen LogP contribution is 2.15. The summed E-state index contributed by atoms with van der Waals surface area (Å²) in [7, 11) is 0. The van der Waals surface area contributed by atoms with Crippen molar-refractivity contribution in [3.05, 3.63) is 0 Å². The third-order valence-corrected chi connectivity index (χ3v) is 1.23. The van der Waals surface area contributed by atoms with Crippen molar-refractivity contribution in [3.63, 3.8) is 0 Å². The quantitative estimate of drug-likeness (QED) is 0.420. The van der Waals surface area contributed by atoms with E-state index in [4.69, 9.17) is 15.9 Å². The van der Waals surface area contributed by atoms with E-state index in [1.807, 2.05) is 0 Å². The monoisotopic (exact) mass is 119 g/mol. The molecule has 0 spiro atoms. The third-order valence-electron chi connectivity index (χ3n) is 1.23. The molecule has 0 aromatic rings. The number of hydrogen-bond donors (Lipinski definition) is 3. The van der Waals surface area contributed by atoms with Crippen LogP contribution in [0.5, 0.6) is 0 Å². The van der Waals surface area contributed by atoms with Crippen molar-refractivity contribution in [1.29, 1.82) is 0 Å². The second-order valence-corrected chi connectivity index (χ2v) is 2.57. The average Bonchev–Trinajstić information content (AvgIpc) is 1.67. The summed E-state index contributed by atoms with van der Waals surface area (Å²) in [4.78, 5) is 0. The van der Waals surface area contributed by atoms with E-state index in [0.717, 1.165) is 0 Å². The van der Waals surface area contributed by atoms with Gasteiger partial charge in [-0.2, -0.15) is 0 Å². The fourth-order valence-corrected chi connectivity index (χ4v) is 0.105. The summed E-state index contributed by atoms with van der Waals surface area (Å²) < 4.78 is 0. The van der Waals surface area contributed by atoms with Crippen LogP contribution >= 0.6 is 0 Å². The zero-order chi connectivity index (χ0) is 6.78. The highest BCUT2D eigenvalue weighted by atomic mass is 16.5. The van der Waals surface area contributed by atoms with Crippen LogP contribution in [0.15, 0.2) is 0 Å². The van der Waals surface area contributed by atoms with Gasteiger partial charge in [0.1, 0.15) is 0 Å². The maximum absolute atomic E-state index is 8.56. The van der Waals surface area contributed by atoms with Gasteiger partial charge in [-0.05, 0) is 0 Å². The van der Waals surface area contributed by atoms with E-state index in [-0.39, 0.29) is 6.54 Å². The molecule has 8 heavy (non-hydrogen) atoms. The average molecular weight is 119 g/mol. The lowest BCUT2D eigenvalue weighted by atomic mass is 9.93. The summed E-state index contributed by atoms with van der Waals surface area (Å²) in [5.74, 6) is 0. The van der Waals surface area contributed by atoms with Crippen molar-refractivity contribution in [1.82, 2.24) is 0 Å². The Hall–Kier alpha value is -0.120. The molecule has 0 aromatic carbocycles. The zero-order valence-electron chi connectivity index (χ0n) is 5.26. The first kappa shape index (κ1) is 7.88. The maximum atomic E-state index is 8.56. The molecule has 0 radical (unpaired) electrons. The molecule has 0 aliphatic carbocycles. The van der Waals surface area contributed by atoms with Gasteiger partial charge < -0.3 is 15.9 Å². The van der Waals surface area contributed by atoms with Crippen molar-refractivity contribution < 1.29 is 10.2 Å². The van der Waals surface area contributed by atoms with Gasteiger partial charge in [0, 0.05) is 12.0 Å². The Bertz CT molecular complexity index is 70.8. The molecule has 0 bridgehead atoms. The highest BCUT2D eigenvalue weighted by molar-refractivity contribution is 4.70. The minimum atomic E-state index is -1.31. The molecule has 0 rings (SSSR count). The van der Waals surface area contributed by atoms with Crippen LogP contribution in [0.25, 0.3) is 0 Å². The van der Waals surface area contributed by atoms with E-state index in [1.165, 1.54) is 0 Å². The van der Waals surface area contributed by atoms with Crippen LogP contribution in [-0.2, 0) is 0 Å². The van der Waals surface area contributed by atoms with Gasteiger partial charge in [0.2, 0.25) is 0 Å². The minimum absolute atomic E-state index is 0.282. The van der Waals surface area contributed by atoms with E-state index >= 15 is 0 Å². The molecule has 0 amide bonds. The summed E-state index contributed by atoms with van der Waals surface area (Å²) in [5.41, 5.74) is 4.62. The molecule has 3 heteroatoms. The van der Waals surface area contributed by atoms with Crippen molar-refractivity contribution in [2.24, 2.45) is 11.1 Å². The maximum Gasteiger partial charge on any atom is 0.157 e. The molecule has 0 unspecified atom stereocenters. The largest absolute Gasteiger partial charge is 0.368 e. The van der Waals surface area contributed by atoms with Crippen molar-refractivity contribution in [2.45, 2.75) is 20.1 Å². The summed E-state index contributed by atoms with van der Waals surface area (Å²) in [6, 6.07) is 0. The van der Waals surface area contributed by atoms with Gasteiger partial charge in [0.15, 0.2) is 6.29 Å². The summed E-state index contributed by atoms with van der Waals surface area (Å²) >= 11 is 0. The number of rotatable bonds is 2. The number of hydrogen-bond acceptors (Lipinski definition) is 3. The van der Waals surface area contributed by atoms with Gasteiger partial charge in [0.25, 0.3) is 0 Å². The number of nitrogens with two attached hydrogens (primary N) is 1. The van der Waals surface area contributed by atoms with Crippen LogP contribution in [0.4, 0.5) is 0 Å². The standard InChI is InChI=1S/C5H13NO2/c1-5(2,3-6)4(7)8/h4,7-8H,3,6H2,1-2H3. The highest BCUT2D eigenvalue weighted by Gasteiger charge is 2.23. The van der Waals surface area contributed by atoms with Crippen LogP contribution in [0.2, 0.25) is 0 Å². The van der Waals surface area contributed by atoms with Crippen LogP contribution in [0.1, 0.15) is 13.8 Å². The molecule has 0 heterocycles. The Morgan fingerprint density at radius 1 is 1.50 bits per heavy atom. The Labute approximate surface area is 49.1 Å². The second kappa shape index (κ2) is 2.44. The lowest BCUT2D eigenvalue weighted by molar-refractivity contribution is -0.117. The normalized spacial score (nSPS) is 12.8. The molecule has 0 saturated heterocycles. The van der Waals surface area contributed by atoms with E-state index in [2.05, 4.69) is 0 Å². The fraction of sp³-hybridized carbons (Fsp3) is 1.00. The predicted molar refractivity (Wildman–Crippen MR) is 31.1 cm³/mol. The molecule has 0 saturated carbocycles. The summed E-state index contributed by atoms with van der Waals surface area (Å²) in [6.07, 6.45) is -1.31. The van der Waals surface area contributed by atoms with E-state index < -0.39 is 11.7 Å². The summed E-state index contributed by atoms with van der Waals surface area (Å²) in [5, 5.41) is 17.1. The zero-order valence-corrected chi connectivity index (χ0v) is 5.26. The fourth-order valence-electron chi connectivity index (χ4n) is 0.105. The van der Waals surface area contributed by atoms with Crippen molar-refractivity contribution in [3.8, 4) is 0 Å². The minimum Gasteiger partial charge on any atom is -0.368 e. The Morgan fingerprint density at radius 3 is 1.88 bits per heavy atom. The van der Waals surface area contributed by atoms with Crippen LogP contribution in [0.3, 0.4) is 0 Å². The van der Waals surface area contributed by atoms with E-state index in [1.54, 1.807) is 13.8 Å². The molecule has 50 valence electrons. The first-order valence-electron chi connectivity index (χ1n) is 2.57. The Kier molecular flexibility index (Phi) is 2.40. The van der Waals surface area contributed by atoms with Crippen LogP contribution in [0, 0.1) is 5.41 Å². The van der Waals surface area contributed by atoms with Gasteiger partial charge in [-0.25, -0.2) is 0 Å². The second-order valence-electron chi connectivity index (χ2n) is 2.57.